The van der Waals surface area contributed by atoms with Gasteiger partial charge in [-0.1, -0.05) is 6.07 Å². The molecule has 0 aliphatic rings. The number of pyridine rings is 3. The molecule has 7 heteroatoms. The second-order valence-corrected chi connectivity index (χ2v) is 4.39. The average Bonchev–Trinajstić information content (AvgIpc) is 2.45. The molecule has 22 heavy (non-hydrogen) atoms. The van der Waals surface area contributed by atoms with Crippen molar-refractivity contribution in [2.45, 2.75) is 0 Å². The Labute approximate surface area is 122 Å². The molecule has 0 aromatic carbocycles. The van der Waals surface area contributed by atoms with Crippen LogP contribution in [0, 0.1) is 23.5 Å². The molecule has 3 rings (SSSR count). The lowest BCUT2D eigenvalue weighted by Crippen LogP contribution is -1.96. The summed E-state index contributed by atoms with van der Waals surface area (Å²) in [5.74, 6) is -3.58. The van der Waals surface area contributed by atoms with Crippen molar-refractivity contribution in [3.63, 3.8) is 0 Å². The predicted molar refractivity (Wildman–Crippen MR) is 70.5 cm³/mol. The second-order valence-electron chi connectivity index (χ2n) is 4.39. The van der Waals surface area contributed by atoms with Crippen LogP contribution < -0.4 is 0 Å². The van der Waals surface area contributed by atoms with Crippen molar-refractivity contribution in [2.75, 3.05) is 0 Å². The molecule has 3 aromatic heterocycles. The van der Waals surface area contributed by atoms with Crippen LogP contribution in [0.3, 0.4) is 0 Å². The van der Waals surface area contributed by atoms with Crippen LogP contribution in [0.5, 0.6) is 0 Å². The van der Waals surface area contributed by atoms with E-state index in [1.165, 1.54) is 18.2 Å². The van der Waals surface area contributed by atoms with Gasteiger partial charge >= 0.3 is 0 Å². The Morgan fingerprint density at radius 2 is 1.00 bits per heavy atom. The fourth-order valence-electron chi connectivity index (χ4n) is 1.91. The lowest BCUT2D eigenvalue weighted by molar-refractivity contribution is 0.553. The van der Waals surface area contributed by atoms with E-state index < -0.39 is 23.5 Å². The third-order valence-corrected chi connectivity index (χ3v) is 2.79. The predicted octanol–water partition coefficient (Wildman–Crippen LogP) is 3.76. The van der Waals surface area contributed by atoms with E-state index in [0.29, 0.717) is 12.1 Å². The Morgan fingerprint density at radius 3 is 1.41 bits per heavy atom. The first-order valence-electron chi connectivity index (χ1n) is 6.15. The minimum absolute atomic E-state index is 0.0313. The van der Waals surface area contributed by atoms with Gasteiger partial charge in [0.15, 0.2) is 0 Å². The zero-order valence-corrected chi connectivity index (χ0v) is 10.9. The van der Waals surface area contributed by atoms with Crippen molar-refractivity contribution in [3.8, 4) is 22.8 Å². The molecule has 3 aromatic rings. The Bertz CT molecular complexity index is 745. The fraction of sp³-hybridized carbons (Fsp3) is 0. The highest BCUT2D eigenvalue weighted by atomic mass is 19.1. The minimum Gasteiger partial charge on any atom is -0.244 e. The van der Waals surface area contributed by atoms with Gasteiger partial charge in [0.25, 0.3) is 0 Å². The molecule has 0 spiro atoms. The van der Waals surface area contributed by atoms with Gasteiger partial charge in [0.05, 0.1) is 22.8 Å². The van der Waals surface area contributed by atoms with Crippen LogP contribution in [0.25, 0.3) is 22.8 Å². The van der Waals surface area contributed by atoms with Gasteiger partial charge in [0, 0.05) is 24.3 Å². The molecule has 0 aliphatic carbocycles. The summed E-state index contributed by atoms with van der Waals surface area (Å²) in [5.41, 5.74) is 0.247. The summed E-state index contributed by atoms with van der Waals surface area (Å²) in [4.78, 5) is 11.2. The molecule has 110 valence electrons. The minimum atomic E-state index is -0.989. The van der Waals surface area contributed by atoms with Crippen LogP contribution in [0.2, 0.25) is 0 Å². The summed E-state index contributed by atoms with van der Waals surface area (Å²) in [6.07, 6.45) is 0. The molecule has 0 saturated carbocycles. The Kier molecular flexibility index (Phi) is 3.54. The van der Waals surface area contributed by atoms with Gasteiger partial charge in [0.2, 0.25) is 11.9 Å². The average molecular weight is 305 g/mol. The van der Waals surface area contributed by atoms with Crippen LogP contribution >= 0.6 is 0 Å². The lowest BCUT2D eigenvalue weighted by atomic mass is 10.2. The number of nitrogens with zero attached hydrogens (tertiary/aromatic N) is 3. The van der Waals surface area contributed by atoms with Gasteiger partial charge in [0.1, 0.15) is 11.6 Å². The van der Waals surface area contributed by atoms with Crippen molar-refractivity contribution in [3.05, 3.63) is 66.0 Å². The van der Waals surface area contributed by atoms with E-state index in [2.05, 4.69) is 15.0 Å². The highest BCUT2D eigenvalue weighted by Gasteiger charge is 2.10. The first-order valence-corrected chi connectivity index (χ1v) is 6.15. The molecular formula is C15H7F4N3. The topological polar surface area (TPSA) is 38.7 Å². The van der Waals surface area contributed by atoms with Crippen LogP contribution in [-0.4, -0.2) is 15.0 Å². The van der Waals surface area contributed by atoms with E-state index in [0.717, 1.165) is 12.1 Å². The zero-order chi connectivity index (χ0) is 15.7. The third-order valence-electron chi connectivity index (χ3n) is 2.79. The van der Waals surface area contributed by atoms with Crippen molar-refractivity contribution < 1.29 is 17.6 Å². The molecule has 3 heterocycles. The number of hydrogen-bond acceptors (Lipinski definition) is 3. The Balaban J connectivity index is 2.09. The number of rotatable bonds is 2. The fourth-order valence-corrected chi connectivity index (χ4v) is 1.91. The summed E-state index contributed by atoms with van der Waals surface area (Å²) in [6, 6.07) is 7.75. The molecule has 0 aliphatic heterocycles. The Morgan fingerprint density at radius 1 is 0.545 bits per heavy atom. The SMILES string of the molecule is Fc1cc(F)nc(-c2cccc(-c3cc(F)cc(F)n3)n2)c1. The largest absolute Gasteiger partial charge is 0.244 e. The maximum absolute atomic E-state index is 13.2. The maximum Gasteiger partial charge on any atom is 0.216 e. The third kappa shape index (κ3) is 2.93. The van der Waals surface area contributed by atoms with Crippen molar-refractivity contribution in [1.29, 1.82) is 0 Å². The summed E-state index contributed by atoms with van der Waals surface area (Å²) >= 11 is 0. The van der Waals surface area contributed by atoms with E-state index in [1.54, 1.807) is 0 Å². The van der Waals surface area contributed by atoms with E-state index in [-0.39, 0.29) is 22.8 Å². The monoisotopic (exact) mass is 305 g/mol. The number of hydrogen-bond donors (Lipinski definition) is 0. The van der Waals surface area contributed by atoms with Gasteiger partial charge < -0.3 is 0 Å². The van der Waals surface area contributed by atoms with Gasteiger partial charge in [-0.2, -0.15) is 8.78 Å². The van der Waals surface area contributed by atoms with Crippen molar-refractivity contribution in [1.82, 2.24) is 15.0 Å². The molecule has 0 radical (unpaired) electrons. The van der Waals surface area contributed by atoms with Gasteiger partial charge in [-0.25, -0.2) is 23.7 Å². The summed E-state index contributed by atoms with van der Waals surface area (Å²) in [6.45, 7) is 0. The van der Waals surface area contributed by atoms with Crippen molar-refractivity contribution >= 4 is 0 Å². The molecule has 0 saturated heterocycles. The lowest BCUT2D eigenvalue weighted by Gasteiger charge is -2.05. The normalized spacial score (nSPS) is 10.7. The Hall–Kier alpha value is -2.83. The number of halogens is 4. The molecular weight excluding hydrogens is 298 g/mol. The van der Waals surface area contributed by atoms with Crippen LogP contribution in [0.4, 0.5) is 17.6 Å². The van der Waals surface area contributed by atoms with E-state index in [9.17, 15) is 17.6 Å². The summed E-state index contributed by atoms with van der Waals surface area (Å²) in [5, 5.41) is 0. The molecule has 0 unspecified atom stereocenters. The first-order chi connectivity index (χ1) is 10.5. The smallest absolute Gasteiger partial charge is 0.216 e. The van der Waals surface area contributed by atoms with Gasteiger partial charge in [-0.05, 0) is 12.1 Å². The van der Waals surface area contributed by atoms with E-state index in [4.69, 9.17) is 0 Å². The van der Waals surface area contributed by atoms with Crippen LogP contribution in [0.15, 0.2) is 42.5 Å². The van der Waals surface area contributed by atoms with Crippen molar-refractivity contribution in [2.24, 2.45) is 0 Å². The number of aromatic nitrogens is 3. The molecule has 3 nitrogen and oxygen atoms in total. The highest BCUT2D eigenvalue weighted by molar-refractivity contribution is 5.61. The maximum atomic E-state index is 13.2. The summed E-state index contributed by atoms with van der Waals surface area (Å²) < 4.78 is 52.8. The second kappa shape index (κ2) is 5.51. The quantitative estimate of drug-likeness (QED) is 0.534. The molecule has 0 amide bonds. The highest BCUT2D eigenvalue weighted by Crippen LogP contribution is 2.22. The van der Waals surface area contributed by atoms with Crippen LogP contribution in [-0.2, 0) is 0 Å². The molecule has 0 fully saturated rings. The van der Waals surface area contributed by atoms with Crippen LogP contribution in [0.1, 0.15) is 0 Å². The molecule has 0 atom stereocenters. The molecule has 0 bridgehead atoms. The molecule has 0 N–H and O–H groups in total. The van der Waals surface area contributed by atoms with E-state index in [1.807, 2.05) is 0 Å². The van der Waals surface area contributed by atoms with Gasteiger partial charge in [-0.3, -0.25) is 0 Å². The first kappa shape index (κ1) is 14.1. The van der Waals surface area contributed by atoms with E-state index >= 15 is 0 Å². The summed E-state index contributed by atoms with van der Waals surface area (Å²) in [7, 11) is 0. The zero-order valence-electron chi connectivity index (χ0n) is 10.9. The van der Waals surface area contributed by atoms with Gasteiger partial charge in [-0.15, -0.1) is 0 Å². The standard InChI is InChI=1S/C15H7F4N3/c16-8-4-12(21-14(18)6-8)10-2-1-3-11(20-10)13-5-9(17)7-15(19)22-13/h1-7H.